The summed E-state index contributed by atoms with van der Waals surface area (Å²) in [5, 5.41) is 0.414. The van der Waals surface area contributed by atoms with E-state index in [0.29, 0.717) is 49.1 Å². The molecule has 0 N–H and O–H groups in total. The van der Waals surface area contributed by atoms with Crippen molar-refractivity contribution in [1.29, 1.82) is 0 Å². The van der Waals surface area contributed by atoms with Gasteiger partial charge in [-0.25, -0.2) is 14.4 Å². The van der Waals surface area contributed by atoms with E-state index in [1.54, 1.807) is 12.1 Å². The number of carbonyl (C=O) groups excluding carboxylic acids is 1. The highest BCUT2D eigenvalue weighted by atomic mass is 35.5. The third kappa shape index (κ3) is 5.58. The van der Waals surface area contributed by atoms with Gasteiger partial charge in [0, 0.05) is 66.8 Å². The van der Waals surface area contributed by atoms with Crippen LogP contribution in [-0.4, -0.2) is 47.0 Å². The van der Waals surface area contributed by atoms with Crippen molar-refractivity contribution in [1.82, 2.24) is 14.9 Å². The second kappa shape index (κ2) is 10.6. The van der Waals surface area contributed by atoms with Gasteiger partial charge in [0.15, 0.2) is 0 Å². The van der Waals surface area contributed by atoms with Crippen LogP contribution in [-0.2, 0) is 24.1 Å². The highest BCUT2D eigenvalue weighted by Gasteiger charge is 2.27. The van der Waals surface area contributed by atoms with Gasteiger partial charge >= 0.3 is 0 Å². The number of hydrogen-bond donors (Lipinski definition) is 0. The molecule has 0 atom stereocenters. The van der Waals surface area contributed by atoms with Crippen molar-refractivity contribution >= 4 is 23.3 Å². The lowest BCUT2D eigenvalue weighted by Crippen LogP contribution is -2.50. The normalized spacial score (nSPS) is 14.5. The van der Waals surface area contributed by atoms with E-state index in [1.807, 2.05) is 18.7 Å². The van der Waals surface area contributed by atoms with Crippen LogP contribution in [0.15, 0.2) is 18.2 Å². The van der Waals surface area contributed by atoms with Gasteiger partial charge in [-0.1, -0.05) is 52.3 Å². The van der Waals surface area contributed by atoms with Gasteiger partial charge in [0.25, 0.3) is 0 Å². The zero-order chi connectivity index (χ0) is 23.4. The number of amides is 1. The molecule has 0 spiro atoms. The summed E-state index contributed by atoms with van der Waals surface area (Å²) in [4.78, 5) is 26.4. The third-order valence-corrected chi connectivity index (χ3v) is 6.20. The third-order valence-electron chi connectivity index (χ3n) is 5.84. The number of aromatic nitrogens is 2. The predicted molar refractivity (Wildman–Crippen MR) is 128 cm³/mol. The molecule has 1 aliphatic rings. The van der Waals surface area contributed by atoms with Gasteiger partial charge in [-0.05, 0) is 24.5 Å². The monoisotopic (exact) mass is 460 g/mol. The summed E-state index contributed by atoms with van der Waals surface area (Å²) in [5.74, 6) is 1.95. The van der Waals surface area contributed by atoms with Gasteiger partial charge in [-0.3, -0.25) is 4.79 Å². The lowest BCUT2D eigenvalue weighted by molar-refractivity contribution is -0.134. The zero-order valence-electron chi connectivity index (χ0n) is 19.8. The van der Waals surface area contributed by atoms with Crippen molar-refractivity contribution in [3.63, 3.8) is 0 Å². The summed E-state index contributed by atoms with van der Waals surface area (Å²) >= 11 is 6.36. The first kappa shape index (κ1) is 24.4. The van der Waals surface area contributed by atoms with Crippen LogP contribution in [0.1, 0.15) is 57.3 Å². The number of piperazine rings is 1. The lowest BCUT2D eigenvalue weighted by atomic mass is 10.0. The molecule has 1 aromatic heterocycles. The van der Waals surface area contributed by atoms with Crippen LogP contribution in [0.4, 0.5) is 10.2 Å². The first-order chi connectivity index (χ1) is 15.2. The van der Waals surface area contributed by atoms with Gasteiger partial charge in [-0.2, -0.15) is 0 Å². The Balaban J connectivity index is 1.99. The molecule has 0 saturated carbocycles. The van der Waals surface area contributed by atoms with Crippen LogP contribution < -0.4 is 4.90 Å². The molecule has 1 saturated heterocycles. The van der Waals surface area contributed by atoms with Gasteiger partial charge in [-0.15, -0.1) is 0 Å². The molecule has 7 heteroatoms. The SMILES string of the molecule is CCc1nc(CC(C)C)nc(N2CCN(C(=O)C(C)C)CC2)c1Cc1c(F)cccc1Cl. The van der Waals surface area contributed by atoms with E-state index in [2.05, 4.69) is 25.7 Å². The topological polar surface area (TPSA) is 49.3 Å². The van der Waals surface area contributed by atoms with E-state index in [0.717, 1.165) is 35.7 Å². The zero-order valence-corrected chi connectivity index (χ0v) is 20.5. The highest BCUT2D eigenvalue weighted by molar-refractivity contribution is 6.31. The fraction of sp³-hybridized carbons (Fsp3) is 0.560. The van der Waals surface area contributed by atoms with Crippen LogP contribution in [0.3, 0.4) is 0 Å². The summed E-state index contributed by atoms with van der Waals surface area (Å²) in [6.45, 7) is 12.9. The maximum absolute atomic E-state index is 14.6. The van der Waals surface area contributed by atoms with Gasteiger partial charge < -0.3 is 9.80 Å². The summed E-state index contributed by atoms with van der Waals surface area (Å²) in [7, 11) is 0. The summed E-state index contributed by atoms with van der Waals surface area (Å²) in [5.41, 5.74) is 2.33. The molecular formula is C25H34ClFN4O. The molecule has 2 aromatic rings. The van der Waals surface area contributed by atoms with E-state index in [1.165, 1.54) is 6.07 Å². The van der Waals surface area contributed by atoms with Crippen LogP contribution in [0.5, 0.6) is 0 Å². The molecule has 0 bridgehead atoms. The predicted octanol–water partition coefficient (Wildman–Crippen LogP) is 4.93. The number of aryl methyl sites for hydroxylation is 1. The number of halogens is 2. The van der Waals surface area contributed by atoms with Gasteiger partial charge in [0.05, 0.1) is 0 Å². The standard InChI is InChI=1S/C25H34ClFN4O/c1-6-22-19(15-18-20(26)8-7-9-21(18)27)24(29-23(28-22)14-16(2)3)30-10-12-31(13-11-30)25(32)17(4)5/h7-9,16-17H,6,10-15H2,1-5H3. The van der Waals surface area contributed by atoms with Crippen LogP contribution >= 0.6 is 11.6 Å². The Bertz CT molecular complexity index is 935. The van der Waals surface area contributed by atoms with Crippen molar-refractivity contribution in [2.24, 2.45) is 11.8 Å². The second-order valence-corrected chi connectivity index (χ2v) is 9.59. The quantitative estimate of drug-likeness (QED) is 0.588. The minimum absolute atomic E-state index is 0.0105. The molecule has 0 unspecified atom stereocenters. The van der Waals surface area contributed by atoms with Crippen molar-refractivity contribution < 1.29 is 9.18 Å². The van der Waals surface area contributed by atoms with Crippen molar-refractivity contribution in [3.05, 3.63) is 51.7 Å². The minimum Gasteiger partial charge on any atom is -0.353 e. The van der Waals surface area contributed by atoms with E-state index < -0.39 is 0 Å². The summed E-state index contributed by atoms with van der Waals surface area (Å²) < 4.78 is 14.6. The van der Waals surface area contributed by atoms with Gasteiger partial charge in [0.1, 0.15) is 17.5 Å². The molecule has 32 heavy (non-hydrogen) atoms. The maximum Gasteiger partial charge on any atom is 0.225 e. The molecule has 1 fully saturated rings. The minimum atomic E-state index is -0.316. The van der Waals surface area contributed by atoms with Crippen molar-refractivity contribution in [2.75, 3.05) is 31.1 Å². The van der Waals surface area contributed by atoms with E-state index in [4.69, 9.17) is 21.6 Å². The Morgan fingerprint density at radius 2 is 1.78 bits per heavy atom. The summed E-state index contributed by atoms with van der Waals surface area (Å²) in [6.07, 6.45) is 1.86. The Labute approximate surface area is 196 Å². The lowest BCUT2D eigenvalue weighted by Gasteiger charge is -2.37. The molecular weight excluding hydrogens is 427 g/mol. The van der Waals surface area contributed by atoms with E-state index in [-0.39, 0.29) is 17.6 Å². The fourth-order valence-electron chi connectivity index (χ4n) is 4.14. The number of hydrogen-bond acceptors (Lipinski definition) is 4. The largest absolute Gasteiger partial charge is 0.353 e. The smallest absolute Gasteiger partial charge is 0.225 e. The Kier molecular flexibility index (Phi) is 8.10. The average Bonchev–Trinajstić information content (AvgIpc) is 2.75. The molecule has 2 heterocycles. The molecule has 1 amide bonds. The number of benzene rings is 1. The molecule has 174 valence electrons. The molecule has 0 radical (unpaired) electrons. The highest BCUT2D eigenvalue weighted by Crippen LogP contribution is 2.30. The molecule has 3 rings (SSSR count). The van der Waals surface area contributed by atoms with Gasteiger partial charge in [0.2, 0.25) is 5.91 Å². The average molecular weight is 461 g/mol. The van der Waals surface area contributed by atoms with E-state index in [9.17, 15) is 9.18 Å². The van der Waals surface area contributed by atoms with Crippen molar-refractivity contribution in [3.8, 4) is 0 Å². The number of nitrogens with zero attached hydrogens (tertiary/aromatic N) is 4. The molecule has 5 nitrogen and oxygen atoms in total. The summed E-state index contributed by atoms with van der Waals surface area (Å²) in [6, 6.07) is 4.78. The first-order valence-corrected chi connectivity index (χ1v) is 11.9. The van der Waals surface area contributed by atoms with Crippen LogP contribution in [0.25, 0.3) is 0 Å². The Morgan fingerprint density at radius 3 is 2.34 bits per heavy atom. The van der Waals surface area contributed by atoms with Crippen molar-refractivity contribution in [2.45, 2.75) is 53.9 Å². The Morgan fingerprint density at radius 1 is 1.09 bits per heavy atom. The number of carbonyl (C=O) groups is 1. The maximum atomic E-state index is 14.6. The van der Waals surface area contributed by atoms with E-state index >= 15 is 0 Å². The number of anilines is 1. The first-order valence-electron chi connectivity index (χ1n) is 11.6. The second-order valence-electron chi connectivity index (χ2n) is 9.18. The molecule has 1 aliphatic heterocycles. The fourth-order valence-corrected chi connectivity index (χ4v) is 4.37. The number of rotatable bonds is 7. The Hall–Kier alpha value is -2.21. The van der Waals surface area contributed by atoms with Crippen LogP contribution in [0, 0.1) is 17.7 Å². The molecule has 1 aromatic carbocycles. The molecule has 0 aliphatic carbocycles. The van der Waals surface area contributed by atoms with Crippen LogP contribution in [0.2, 0.25) is 5.02 Å².